The Morgan fingerprint density at radius 2 is 2.00 bits per heavy atom. The summed E-state index contributed by atoms with van der Waals surface area (Å²) >= 11 is 5.85. The van der Waals surface area contributed by atoms with E-state index in [2.05, 4.69) is 9.97 Å². The summed E-state index contributed by atoms with van der Waals surface area (Å²) in [5.41, 5.74) is 1.05. The van der Waals surface area contributed by atoms with Crippen molar-refractivity contribution in [2.45, 2.75) is 32.7 Å². The van der Waals surface area contributed by atoms with Gasteiger partial charge in [-0.05, 0) is 24.1 Å². The maximum Gasteiger partial charge on any atom is 0.254 e. The van der Waals surface area contributed by atoms with E-state index in [1.165, 1.54) is 6.07 Å². The van der Waals surface area contributed by atoms with Gasteiger partial charge in [0.2, 0.25) is 0 Å². The van der Waals surface area contributed by atoms with Crippen LogP contribution in [0.25, 0.3) is 0 Å². The minimum atomic E-state index is -0.0993. The van der Waals surface area contributed by atoms with Crippen LogP contribution in [0.2, 0.25) is 5.15 Å². The molecule has 5 heteroatoms. The predicted molar refractivity (Wildman–Crippen MR) is 75.5 cm³/mol. The molecule has 0 N–H and O–H groups in total. The summed E-state index contributed by atoms with van der Waals surface area (Å²) in [4.78, 5) is 20.3. The molecule has 2 aromatic heterocycles. The van der Waals surface area contributed by atoms with Crippen molar-refractivity contribution in [3.05, 3.63) is 57.5 Å². The molecule has 2 aromatic rings. The zero-order chi connectivity index (χ0) is 13.8. The first-order valence-corrected chi connectivity index (χ1v) is 6.62. The van der Waals surface area contributed by atoms with Gasteiger partial charge >= 0.3 is 0 Å². The van der Waals surface area contributed by atoms with Crippen molar-refractivity contribution < 1.29 is 0 Å². The molecule has 0 aliphatic rings. The summed E-state index contributed by atoms with van der Waals surface area (Å²) in [6.07, 6.45) is 4.27. The quantitative estimate of drug-likeness (QED) is 0.807. The normalized spacial score (nSPS) is 10.9. The van der Waals surface area contributed by atoms with Crippen molar-refractivity contribution in [2.75, 3.05) is 0 Å². The number of hydrogen-bond donors (Lipinski definition) is 0. The number of halogens is 1. The number of aromatic nitrogens is 3. The monoisotopic (exact) mass is 277 g/mol. The van der Waals surface area contributed by atoms with Crippen molar-refractivity contribution in [2.24, 2.45) is 0 Å². The minimum absolute atomic E-state index is 0.0993. The highest BCUT2D eigenvalue weighted by Gasteiger charge is 2.11. The molecule has 0 radical (unpaired) electrons. The molecular formula is C14H16ClN3O. The summed E-state index contributed by atoms with van der Waals surface area (Å²) in [7, 11) is 0. The van der Waals surface area contributed by atoms with Gasteiger partial charge in [-0.25, -0.2) is 4.98 Å². The molecule has 0 amide bonds. The van der Waals surface area contributed by atoms with E-state index in [9.17, 15) is 4.79 Å². The lowest BCUT2D eigenvalue weighted by molar-refractivity contribution is 0.580. The Morgan fingerprint density at radius 3 is 2.63 bits per heavy atom. The third-order valence-corrected chi connectivity index (χ3v) is 3.09. The van der Waals surface area contributed by atoms with Crippen molar-refractivity contribution >= 4 is 11.6 Å². The smallest absolute Gasteiger partial charge is 0.254 e. The van der Waals surface area contributed by atoms with Crippen LogP contribution in [0.5, 0.6) is 0 Å². The third-order valence-electron chi connectivity index (χ3n) is 2.90. The van der Waals surface area contributed by atoms with Gasteiger partial charge in [0.1, 0.15) is 11.0 Å². The fourth-order valence-electron chi connectivity index (χ4n) is 1.95. The lowest BCUT2D eigenvalue weighted by atomic mass is 10.1. The highest BCUT2D eigenvalue weighted by molar-refractivity contribution is 6.29. The maximum absolute atomic E-state index is 12.0. The molecule has 0 saturated heterocycles. The van der Waals surface area contributed by atoms with E-state index < -0.39 is 0 Å². The lowest BCUT2D eigenvalue weighted by Gasteiger charge is -2.14. The van der Waals surface area contributed by atoms with E-state index in [4.69, 9.17) is 11.6 Å². The number of aryl methyl sites for hydroxylation is 1. The van der Waals surface area contributed by atoms with Gasteiger partial charge in [-0.1, -0.05) is 25.4 Å². The zero-order valence-corrected chi connectivity index (χ0v) is 11.8. The molecule has 2 rings (SSSR count). The zero-order valence-electron chi connectivity index (χ0n) is 11.0. The number of hydrogen-bond acceptors (Lipinski definition) is 3. The maximum atomic E-state index is 12.0. The van der Waals surface area contributed by atoms with Crippen LogP contribution in [-0.4, -0.2) is 14.5 Å². The van der Waals surface area contributed by atoms with Crippen molar-refractivity contribution in [3.8, 4) is 0 Å². The first-order chi connectivity index (χ1) is 9.08. The van der Waals surface area contributed by atoms with Crippen LogP contribution in [0.4, 0.5) is 0 Å². The SMILES string of the molecule is CC(C)c1nc(Cl)cc(=O)n1CCc1ccncc1. The molecular weight excluding hydrogens is 262 g/mol. The van der Waals surface area contributed by atoms with Gasteiger partial charge in [-0.3, -0.25) is 14.3 Å². The minimum Gasteiger partial charge on any atom is -0.296 e. The molecule has 0 saturated carbocycles. The molecule has 4 nitrogen and oxygen atoms in total. The number of nitrogens with zero attached hydrogens (tertiary/aromatic N) is 3. The number of pyridine rings is 1. The summed E-state index contributed by atoms with van der Waals surface area (Å²) < 4.78 is 1.69. The Bertz CT molecular complexity index is 608. The topological polar surface area (TPSA) is 47.8 Å². The second-order valence-electron chi connectivity index (χ2n) is 4.69. The average molecular weight is 278 g/mol. The molecule has 0 atom stereocenters. The second kappa shape index (κ2) is 5.97. The van der Waals surface area contributed by atoms with E-state index in [1.54, 1.807) is 17.0 Å². The van der Waals surface area contributed by atoms with Gasteiger partial charge in [-0.15, -0.1) is 0 Å². The second-order valence-corrected chi connectivity index (χ2v) is 5.07. The molecule has 0 spiro atoms. The standard InChI is InChI=1S/C14H16ClN3O/c1-10(2)14-17-12(15)9-13(19)18(14)8-5-11-3-6-16-7-4-11/h3-4,6-7,9-10H,5,8H2,1-2H3. The summed E-state index contributed by atoms with van der Waals surface area (Å²) in [6.45, 7) is 4.60. The van der Waals surface area contributed by atoms with Gasteiger partial charge in [0, 0.05) is 30.9 Å². The molecule has 0 aromatic carbocycles. The van der Waals surface area contributed by atoms with Crippen molar-refractivity contribution in [1.29, 1.82) is 0 Å². The summed E-state index contributed by atoms with van der Waals surface area (Å²) in [5.74, 6) is 0.885. The Labute approximate surface area is 117 Å². The number of rotatable bonds is 4. The van der Waals surface area contributed by atoms with Gasteiger partial charge < -0.3 is 0 Å². The fraction of sp³-hybridized carbons (Fsp3) is 0.357. The van der Waals surface area contributed by atoms with Gasteiger partial charge in [0.05, 0.1) is 0 Å². The Balaban J connectivity index is 2.27. The Hall–Kier alpha value is -1.68. The van der Waals surface area contributed by atoms with Gasteiger partial charge in [0.15, 0.2) is 0 Å². The largest absolute Gasteiger partial charge is 0.296 e. The Morgan fingerprint density at radius 1 is 1.32 bits per heavy atom. The predicted octanol–water partition coefficient (Wildman–Crippen LogP) is 2.66. The van der Waals surface area contributed by atoms with Gasteiger partial charge in [0.25, 0.3) is 5.56 Å². The summed E-state index contributed by atoms with van der Waals surface area (Å²) in [6, 6.07) is 5.26. The van der Waals surface area contributed by atoms with E-state index in [0.29, 0.717) is 6.54 Å². The highest BCUT2D eigenvalue weighted by atomic mass is 35.5. The van der Waals surface area contributed by atoms with Crippen molar-refractivity contribution in [1.82, 2.24) is 14.5 Å². The van der Waals surface area contributed by atoms with Crippen molar-refractivity contribution in [3.63, 3.8) is 0 Å². The first kappa shape index (κ1) is 13.7. The Kier molecular flexibility index (Phi) is 4.32. The van der Waals surface area contributed by atoms with Crippen LogP contribution in [0.15, 0.2) is 35.4 Å². The molecule has 0 aliphatic carbocycles. The highest BCUT2D eigenvalue weighted by Crippen LogP contribution is 2.13. The fourth-order valence-corrected chi connectivity index (χ4v) is 2.13. The molecule has 19 heavy (non-hydrogen) atoms. The first-order valence-electron chi connectivity index (χ1n) is 6.24. The van der Waals surface area contributed by atoms with E-state index in [1.807, 2.05) is 26.0 Å². The van der Waals surface area contributed by atoms with Crippen LogP contribution in [0, 0.1) is 0 Å². The van der Waals surface area contributed by atoms with Crippen LogP contribution >= 0.6 is 11.6 Å². The molecule has 0 unspecified atom stereocenters. The molecule has 100 valence electrons. The van der Waals surface area contributed by atoms with E-state index in [0.717, 1.165) is 17.8 Å². The molecule has 0 aliphatic heterocycles. The van der Waals surface area contributed by atoms with Crippen LogP contribution < -0.4 is 5.56 Å². The lowest BCUT2D eigenvalue weighted by Crippen LogP contribution is -2.26. The van der Waals surface area contributed by atoms with Crippen LogP contribution in [0.3, 0.4) is 0 Å². The van der Waals surface area contributed by atoms with Crippen LogP contribution in [0.1, 0.15) is 31.2 Å². The molecule has 0 bridgehead atoms. The van der Waals surface area contributed by atoms with Crippen LogP contribution in [-0.2, 0) is 13.0 Å². The summed E-state index contributed by atoms with van der Waals surface area (Å²) in [5, 5.41) is 0.258. The van der Waals surface area contributed by atoms with E-state index >= 15 is 0 Å². The van der Waals surface area contributed by atoms with Gasteiger partial charge in [-0.2, -0.15) is 0 Å². The van der Waals surface area contributed by atoms with E-state index in [-0.39, 0.29) is 16.6 Å². The third kappa shape index (κ3) is 3.41. The average Bonchev–Trinajstić information content (AvgIpc) is 2.38. The molecule has 0 fully saturated rings. The molecule has 2 heterocycles.